The lowest BCUT2D eigenvalue weighted by Gasteiger charge is -2.09. The molecule has 1 aliphatic heterocycles. The van der Waals surface area contributed by atoms with Gasteiger partial charge in [-0.05, 0) is 25.5 Å². The molecule has 7 nitrogen and oxygen atoms in total. The van der Waals surface area contributed by atoms with E-state index in [4.69, 9.17) is 4.42 Å². The summed E-state index contributed by atoms with van der Waals surface area (Å²) in [6.45, 7) is 1.98. The SMILES string of the molecule is Cc1cccc(-c2nnc(SCC(=O)N[C@@H]3CCS(=O)(=O)C3)o2)c1. The van der Waals surface area contributed by atoms with Crippen LogP contribution in [-0.4, -0.2) is 47.8 Å². The first-order chi connectivity index (χ1) is 11.4. The van der Waals surface area contributed by atoms with Gasteiger partial charge in [0.15, 0.2) is 9.84 Å². The van der Waals surface area contributed by atoms with Crippen molar-refractivity contribution in [2.24, 2.45) is 0 Å². The van der Waals surface area contributed by atoms with Crippen LogP contribution in [0.2, 0.25) is 0 Å². The fourth-order valence-electron chi connectivity index (χ4n) is 2.47. The molecule has 1 aliphatic rings. The fourth-order valence-corrected chi connectivity index (χ4v) is 4.72. The zero-order chi connectivity index (χ0) is 17.2. The molecular formula is C15H17N3O4S2. The molecule has 1 amide bonds. The van der Waals surface area contributed by atoms with Crippen molar-refractivity contribution in [3.05, 3.63) is 29.8 Å². The Hall–Kier alpha value is -1.87. The number of carbonyl (C=O) groups excluding carboxylic acids is 1. The largest absolute Gasteiger partial charge is 0.411 e. The fraction of sp³-hybridized carbons (Fsp3) is 0.400. The van der Waals surface area contributed by atoms with Gasteiger partial charge < -0.3 is 9.73 Å². The molecule has 1 saturated heterocycles. The number of thioether (sulfide) groups is 1. The molecule has 1 aromatic heterocycles. The van der Waals surface area contributed by atoms with Crippen molar-refractivity contribution in [3.8, 4) is 11.5 Å². The third-order valence-electron chi connectivity index (χ3n) is 3.60. The maximum Gasteiger partial charge on any atom is 0.277 e. The Morgan fingerprint density at radius 3 is 2.96 bits per heavy atom. The molecule has 24 heavy (non-hydrogen) atoms. The molecule has 2 aromatic rings. The molecule has 1 fully saturated rings. The minimum absolute atomic E-state index is 0.0153. The van der Waals surface area contributed by atoms with Crippen molar-refractivity contribution >= 4 is 27.5 Å². The van der Waals surface area contributed by atoms with Gasteiger partial charge in [0.2, 0.25) is 11.8 Å². The van der Waals surface area contributed by atoms with Gasteiger partial charge in [-0.2, -0.15) is 0 Å². The lowest BCUT2D eigenvalue weighted by Crippen LogP contribution is -2.36. The average Bonchev–Trinajstić information content (AvgIpc) is 3.12. The highest BCUT2D eigenvalue weighted by Crippen LogP contribution is 2.23. The smallest absolute Gasteiger partial charge is 0.277 e. The zero-order valence-electron chi connectivity index (χ0n) is 13.1. The van der Waals surface area contributed by atoms with Crippen LogP contribution in [0.1, 0.15) is 12.0 Å². The molecule has 128 valence electrons. The Bertz CT molecular complexity index is 848. The van der Waals surface area contributed by atoms with Crippen molar-refractivity contribution in [3.63, 3.8) is 0 Å². The summed E-state index contributed by atoms with van der Waals surface area (Å²) in [4.78, 5) is 11.9. The van der Waals surface area contributed by atoms with Crippen LogP contribution in [0, 0.1) is 6.92 Å². The highest BCUT2D eigenvalue weighted by atomic mass is 32.2. The average molecular weight is 367 g/mol. The number of hydrogen-bond donors (Lipinski definition) is 1. The van der Waals surface area contributed by atoms with Gasteiger partial charge >= 0.3 is 0 Å². The number of benzene rings is 1. The standard InChI is InChI=1S/C15H17N3O4S2/c1-10-3-2-4-11(7-10)14-17-18-15(22-14)23-8-13(19)16-12-5-6-24(20,21)9-12/h2-4,7,12H,5-6,8-9H2,1H3,(H,16,19)/t12-/m1/s1. The van der Waals surface area contributed by atoms with Crippen LogP contribution in [-0.2, 0) is 14.6 Å². The van der Waals surface area contributed by atoms with Crippen LogP contribution < -0.4 is 5.32 Å². The summed E-state index contributed by atoms with van der Waals surface area (Å²) in [5.41, 5.74) is 1.92. The number of aryl methyl sites for hydroxylation is 1. The second kappa shape index (κ2) is 6.94. The molecule has 2 heterocycles. The quantitative estimate of drug-likeness (QED) is 0.798. The second-order valence-corrected chi connectivity index (χ2v) is 8.85. The van der Waals surface area contributed by atoms with Gasteiger partial charge in [-0.15, -0.1) is 10.2 Å². The molecular weight excluding hydrogens is 350 g/mol. The lowest BCUT2D eigenvalue weighted by atomic mass is 10.1. The van der Waals surface area contributed by atoms with E-state index in [9.17, 15) is 13.2 Å². The minimum atomic E-state index is -3.00. The van der Waals surface area contributed by atoms with Gasteiger partial charge in [0.05, 0.1) is 17.3 Å². The Balaban J connectivity index is 1.53. The third kappa shape index (κ3) is 4.35. The van der Waals surface area contributed by atoms with Crippen molar-refractivity contribution in [1.82, 2.24) is 15.5 Å². The first-order valence-corrected chi connectivity index (χ1v) is 10.3. The maximum absolute atomic E-state index is 11.9. The number of rotatable bonds is 5. The second-order valence-electron chi connectivity index (χ2n) is 5.70. The van der Waals surface area contributed by atoms with Crippen molar-refractivity contribution in [2.45, 2.75) is 24.6 Å². The maximum atomic E-state index is 11.9. The summed E-state index contributed by atoms with van der Waals surface area (Å²) in [6, 6.07) is 7.40. The number of nitrogens with zero attached hydrogens (tertiary/aromatic N) is 2. The van der Waals surface area contributed by atoms with Crippen LogP contribution in [0.3, 0.4) is 0 Å². The first kappa shape index (κ1) is 17.0. The number of amides is 1. The van der Waals surface area contributed by atoms with Crippen molar-refractivity contribution in [2.75, 3.05) is 17.3 Å². The summed E-state index contributed by atoms with van der Waals surface area (Å²) in [7, 11) is -3.00. The Labute approximate surface area is 144 Å². The van der Waals surface area contributed by atoms with E-state index in [-0.39, 0.29) is 29.2 Å². The number of carbonyl (C=O) groups is 1. The van der Waals surface area contributed by atoms with Crippen LogP contribution >= 0.6 is 11.8 Å². The van der Waals surface area contributed by atoms with Gasteiger partial charge in [-0.1, -0.05) is 29.5 Å². The molecule has 1 atom stereocenters. The van der Waals surface area contributed by atoms with Crippen LogP contribution in [0.5, 0.6) is 0 Å². The zero-order valence-corrected chi connectivity index (χ0v) is 14.7. The summed E-state index contributed by atoms with van der Waals surface area (Å²) in [5.74, 6) is 0.420. The number of aromatic nitrogens is 2. The van der Waals surface area contributed by atoms with E-state index < -0.39 is 9.84 Å². The number of hydrogen-bond acceptors (Lipinski definition) is 7. The molecule has 0 spiro atoms. The molecule has 0 aliphatic carbocycles. The number of nitrogens with one attached hydrogen (secondary N) is 1. The lowest BCUT2D eigenvalue weighted by molar-refractivity contribution is -0.119. The van der Waals surface area contributed by atoms with Gasteiger partial charge in [-0.25, -0.2) is 8.42 Å². The Kier molecular flexibility index (Phi) is 4.91. The predicted octanol–water partition coefficient (Wildman–Crippen LogP) is 1.44. The van der Waals surface area contributed by atoms with E-state index in [1.165, 1.54) is 0 Å². The summed E-state index contributed by atoms with van der Waals surface area (Å²) in [6.07, 6.45) is 0.469. The van der Waals surface area contributed by atoms with E-state index >= 15 is 0 Å². The van der Waals surface area contributed by atoms with Gasteiger partial charge in [0, 0.05) is 11.6 Å². The van der Waals surface area contributed by atoms with Gasteiger partial charge in [0.25, 0.3) is 5.22 Å². The molecule has 0 bridgehead atoms. The molecule has 9 heteroatoms. The third-order valence-corrected chi connectivity index (χ3v) is 6.18. The highest BCUT2D eigenvalue weighted by molar-refractivity contribution is 7.99. The minimum Gasteiger partial charge on any atom is -0.411 e. The summed E-state index contributed by atoms with van der Waals surface area (Å²) >= 11 is 1.13. The van der Waals surface area contributed by atoms with Crippen LogP contribution in [0.25, 0.3) is 11.5 Å². The molecule has 1 N–H and O–H groups in total. The highest BCUT2D eigenvalue weighted by Gasteiger charge is 2.28. The van der Waals surface area contributed by atoms with E-state index in [2.05, 4.69) is 15.5 Å². The summed E-state index contributed by atoms with van der Waals surface area (Å²) < 4.78 is 28.3. The van der Waals surface area contributed by atoms with Crippen LogP contribution in [0.15, 0.2) is 33.9 Å². The Morgan fingerprint density at radius 1 is 1.42 bits per heavy atom. The normalized spacial score (nSPS) is 19.3. The molecule has 0 saturated carbocycles. The van der Waals surface area contributed by atoms with E-state index in [0.29, 0.717) is 17.5 Å². The van der Waals surface area contributed by atoms with E-state index in [0.717, 1.165) is 22.9 Å². The topological polar surface area (TPSA) is 102 Å². The van der Waals surface area contributed by atoms with Gasteiger partial charge in [-0.3, -0.25) is 4.79 Å². The van der Waals surface area contributed by atoms with E-state index in [1.54, 1.807) is 0 Å². The molecule has 1 aromatic carbocycles. The van der Waals surface area contributed by atoms with Crippen LogP contribution in [0.4, 0.5) is 0 Å². The number of sulfone groups is 1. The molecule has 0 unspecified atom stereocenters. The molecule has 3 rings (SSSR count). The van der Waals surface area contributed by atoms with Crippen molar-refractivity contribution in [1.29, 1.82) is 0 Å². The van der Waals surface area contributed by atoms with Gasteiger partial charge in [0.1, 0.15) is 0 Å². The Morgan fingerprint density at radius 2 is 2.25 bits per heavy atom. The summed E-state index contributed by atoms with van der Waals surface area (Å²) in [5, 5.41) is 10.9. The predicted molar refractivity (Wildman–Crippen MR) is 90.4 cm³/mol. The molecule has 0 radical (unpaired) electrons. The van der Waals surface area contributed by atoms with E-state index in [1.807, 2.05) is 31.2 Å². The first-order valence-electron chi connectivity index (χ1n) is 7.44. The monoisotopic (exact) mass is 367 g/mol. The van der Waals surface area contributed by atoms with Crippen molar-refractivity contribution < 1.29 is 17.6 Å².